The van der Waals surface area contributed by atoms with E-state index < -0.39 is 16.1 Å². The van der Waals surface area contributed by atoms with E-state index in [-0.39, 0.29) is 10.6 Å². The highest BCUT2D eigenvalue weighted by atomic mass is 32.2. The summed E-state index contributed by atoms with van der Waals surface area (Å²) in [6.45, 7) is 1.83. The highest BCUT2D eigenvalue weighted by Gasteiger charge is 2.32. The molecule has 0 saturated heterocycles. The van der Waals surface area contributed by atoms with Crippen molar-refractivity contribution in [3.8, 4) is 11.1 Å². The van der Waals surface area contributed by atoms with Gasteiger partial charge in [0, 0.05) is 5.56 Å². The van der Waals surface area contributed by atoms with Crippen molar-refractivity contribution in [2.45, 2.75) is 11.8 Å². The number of rotatable bonds is 4. The number of hydrogen-bond donors (Lipinski definition) is 1. The van der Waals surface area contributed by atoms with E-state index in [0.29, 0.717) is 9.87 Å². The van der Waals surface area contributed by atoms with Crippen molar-refractivity contribution in [3.05, 3.63) is 84.4 Å². The normalized spacial score (nSPS) is 11.1. The van der Waals surface area contributed by atoms with Crippen molar-refractivity contribution in [1.29, 1.82) is 0 Å². The molecule has 3 aromatic carbocycles. The number of nitrogens with zero attached hydrogens (tertiary/aromatic N) is 1. The highest BCUT2D eigenvalue weighted by molar-refractivity contribution is 7.93. The van der Waals surface area contributed by atoms with Gasteiger partial charge in [0.05, 0.1) is 10.6 Å². The van der Waals surface area contributed by atoms with Gasteiger partial charge in [0.2, 0.25) is 0 Å². The molecule has 0 radical (unpaired) electrons. The Kier molecular flexibility index (Phi) is 4.77. The molecule has 0 bridgehead atoms. The van der Waals surface area contributed by atoms with Gasteiger partial charge in [-0.15, -0.1) is 0 Å². The average molecular weight is 367 g/mol. The van der Waals surface area contributed by atoms with Gasteiger partial charge in [0.15, 0.2) is 0 Å². The van der Waals surface area contributed by atoms with E-state index in [1.54, 1.807) is 42.5 Å². The fourth-order valence-electron chi connectivity index (χ4n) is 2.66. The maximum atomic E-state index is 13.0. The number of carboxylic acid groups (broad SMARTS) is 1. The van der Waals surface area contributed by atoms with E-state index in [1.807, 2.05) is 25.1 Å². The Bertz CT molecular complexity index is 1030. The zero-order valence-corrected chi connectivity index (χ0v) is 14.8. The molecule has 132 valence electrons. The molecule has 0 unspecified atom stereocenters. The SMILES string of the molecule is Cc1ccc(S(=O)(=O)N(C(=O)O)c2ccccc2-c2ccccc2)cc1. The molecular weight excluding hydrogens is 350 g/mol. The quantitative estimate of drug-likeness (QED) is 0.735. The predicted molar refractivity (Wildman–Crippen MR) is 101 cm³/mol. The van der Waals surface area contributed by atoms with Crippen molar-refractivity contribution in [2.75, 3.05) is 4.31 Å². The summed E-state index contributed by atoms with van der Waals surface area (Å²) in [4.78, 5) is 11.8. The van der Waals surface area contributed by atoms with Crippen LogP contribution in [0.15, 0.2) is 83.8 Å². The van der Waals surface area contributed by atoms with E-state index in [1.165, 1.54) is 18.2 Å². The van der Waals surface area contributed by atoms with Crippen LogP contribution in [0.4, 0.5) is 10.5 Å². The Morgan fingerprint density at radius 1 is 0.846 bits per heavy atom. The largest absolute Gasteiger partial charge is 0.464 e. The van der Waals surface area contributed by atoms with Crippen molar-refractivity contribution < 1.29 is 18.3 Å². The minimum Gasteiger partial charge on any atom is -0.464 e. The van der Waals surface area contributed by atoms with Crippen LogP contribution in [0.1, 0.15) is 5.56 Å². The van der Waals surface area contributed by atoms with Crippen LogP contribution in [0, 0.1) is 6.92 Å². The predicted octanol–water partition coefficient (Wildman–Crippen LogP) is 4.54. The van der Waals surface area contributed by atoms with Gasteiger partial charge in [-0.05, 0) is 30.7 Å². The number of carbonyl (C=O) groups is 1. The fourth-order valence-corrected chi connectivity index (χ4v) is 3.98. The molecule has 3 rings (SSSR count). The maximum absolute atomic E-state index is 13.0. The van der Waals surface area contributed by atoms with E-state index in [2.05, 4.69) is 0 Å². The van der Waals surface area contributed by atoms with Gasteiger partial charge in [-0.2, -0.15) is 4.31 Å². The third-order valence-corrected chi connectivity index (χ3v) is 5.64. The molecule has 0 saturated carbocycles. The fraction of sp³-hybridized carbons (Fsp3) is 0.0500. The van der Waals surface area contributed by atoms with Gasteiger partial charge in [0.25, 0.3) is 10.0 Å². The number of hydrogen-bond acceptors (Lipinski definition) is 3. The van der Waals surface area contributed by atoms with E-state index >= 15 is 0 Å². The summed E-state index contributed by atoms with van der Waals surface area (Å²) in [6, 6.07) is 21.7. The lowest BCUT2D eigenvalue weighted by Crippen LogP contribution is -2.36. The molecule has 0 aliphatic rings. The van der Waals surface area contributed by atoms with Crippen LogP contribution in [0.5, 0.6) is 0 Å². The first-order chi connectivity index (χ1) is 12.4. The minimum atomic E-state index is -4.27. The summed E-state index contributed by atoms with van der Waals surface area (Å²) in [5, 5.41) is 9.70. The van der Waals surface area contributed by atoms with Gasteiger partial charge in [0.1, 0.15) is 0 Å². The van der Waals surface area contributed by atoms with Crippen molar-refractivity contribution in [3.63, 3.8) is 0 Å². The third kappa shape index (κ3) is 3.32. The lowest BCUT2D eigenvalue weighted by atomic mass is 10.0. The molecule has 1 amide bonds. The zero-order chi connectivity index (χ0) is 18.7. The summed E-state index contributed by atoms with van der Waals surface area (Å²) in [7, 11) is -4.27. The Morgan fingerprint density at radius 2 is 1.42 bits per heavy atom. The van der Waals surface area contributed by atoms with Crippen LogP contribution >= 0.6 is 0 Å². The average Bonchev–Trinajstić information content (AvgIpc) is 2.63. The van der Waals surface area contributed by atoms with Crippen molar-refractivity contribution in [2.24, 2.45) is 0 Å². The molecular formula is C20H17NO4S. The first kappa shape index (κ1) is 17.7. The molecule has 1 N–H and O–H groups in total. The van der Waals surface area contributed by atoms with Crippen LogP contribution in [-0.2, 0) is 10.0 Å². The molecule has 0 aliphatic heterocycles. The first-order valence-electron chi connectivity index (χ1n) is 7.90. The minimum absolute atomic E-state index is 0.0756. The summed E-state index contributed by atoms with van der Waals surface area (Å²) in [6.07, 6.45) is -1.56. The van der Waals surface area contributed by atoms with Gasteiger partial charge < -0.3 is 5.11 Å². The lowest BCUT2D eigenvalue weighted by Gasteiger charge is -2.22. The van der Waals surface area contributed by atoms with Gasteiger partial charge in [-0.1, -0.05) is 66.2 Å². The van der Waals surface area contributed by atoms with Crippen LogP contribution < -0.4 is 4.31 Å². The highest BCUT2D eigenvalue weighted by Crippen LogP contribution is 2.34. The Hall–Kier alpha value is -3.12. The second-order valence-corrected chi connectivity index (χ2v) is 7.53. The monoisotopic (exact) mass is 367 g/mol. The van der Waals surface area contributed by atoms with E-state index in [9.17, 15) is 18.3 Å². The second kappa shape index (κ2) is 7.01. The zero-order valence-electron chi connectivity index (χ0n) is 14.0. The summed E-state index contributed by atoms with van der Waals surface area (Å²) in [5.41, 5.74) is 2.22. The molecule has 6 heteroatoms. The van der Waals surface area contributed by atoms with Crippen molar-refractivity contribution >= 4 is 21.8 Å². The van der Waals surface area contributed by atoms with Gasteiger partial charge >= 0.3 is 6.09 Å². The molecule has 3 aromatic rings. The standard InChI is InChI=1S/C20H17NO4S/c1-15-11-13-17(14-12-15)26(24,25)21(20(22)23)19-10-6-5-9-18(19)16-7-3-2-4-8-16/h2-14H,1H3,(H,22,23). The number of benzene rings is 3. The molecule has 26 heavy (non-hydrogen) atoms. The van der Waals surface area contributed by atoms with Crippen LogP contribution in [0.2, 0.25) is 0 Å². The number of para-hydroxylation sites is 1. The van der Waals surface area contributed by atoms with Crippen LogP contribution in [-0.4, -0.2) is 19.6 Å². The van der Waals surface area contributed by atoms with Gasteiger partial charge in [-0.3, -0.25) is 0 Å². The first-order valence-corrected chi connectivity index (χ1v) is 9.34. The number of aryl methyl sites for hydroxylation is 1. The molecule has 0 fully saturated rings. The molecule has 0 spiro atoms. The Balaban J connectivity index is 2.19. The molecule has 0 aromatic heterocycles. The topological polar surface area (TPSA) is 74.7 Å². The molecule has 0 aliphatic carbocycles. The Morgan fingerprint density at radius 3 is 2.04 bits per heavy atom. The lowest BCUT2D eigenvalue weighted by molar-refractivity contribution is 0.206. The van der Waals surface area contributed by atoms with Crippen molar-refractivity contribution in [1.82, 2.24) is 0 Å². The molecule has 0 atom stereocenters. The Labute approximate surface area is 152 Å². The number of sulfonamides is 1. The second-order valence-electron chi connectivity index (χ2n) is 5.75. The molecule has 5 nitrogen and oxygen atoms in total. The summed E-state index contributed by atoms with van der Waals surface area (Å²) < 4.78 is 26.5. The summed E-state index contributed by atoms with van der Waals surface area (Å²) in [5.74, 6) is 0. The molecule has 0 heterocycles. The number of anilines is 1. The maximum Gasteiger partial charge on any atom is 0.426 e. The smallest absolute Gasteiger partial charge is 0.426 e. The van der Waals surface area contributed by atoms with Gasteiger partial charge in [-0.25, -0.2) is 13.2 Å². The van der Waals surface area contributed by atoms with E-state index in [4.69, 9.17) is 0 Å². The van der Waals surface area contributed by atoms with Crippen LogP contribution in [0.3, 0.4) is 0 Å². The number of amides is 1. The third-order valence-electron chi connectivity index (χ3n) is 3.94. The van der Waals surface area contributed by atoms with E-state index in [0.717, 1.165) is 11.1 Å². The summed E-state index contributed by atoms with van der Waals surface area (Å²) >= 11 is 0. The van der Waals surface area contributed by atoms with Crippen LogP contribution in [0.25, 0.3) is 11.1 Å².